The van der Waals surface area contributed by atoms with Crippen LogP contribution in [0.15, 0.2) is 237 Å². The fourth-order valence-corrected chi connectivity index (χ4v) is 10.4. The third-order valence-electron chi connectivity index (χ3n) is 13.0. The summed E-state index contributed by atoms with van der Waals surface area (Å²) in [6.07, 6.45) is 0. The van der Waals surface area contributed by atoms with E-state index in [0.29, 0.717) is 0 Å². The average molecular weight is 802 g/mol. The maximum Gasteiger partial charge on any atom is 0.0641 e. The Kier molecular flexibility index (Phi) is 7.91. The second-order valence-electron chi connectivity index (χ2n) is 16.4. The molecule has 0 atom stereocenters. The van der Waals surface area contributed by atoms with Gasteiger partial charge in [0.2, 0.25) is 0 Å². The Morgan fingerprint density at radius 2 is 0.746 bits per heavy atom. The van der Waals surface area contributed by atoms with Crippen LogP contribution in [0, 0.1) is 0 Å². The van der Waals surface area contributed by atoms with Crippen LogP contribution in [0.4, 0.5) is 0 Å². The largest absolute Gasteiger partial charge is 0.309 e. The Labute approximate surface area is 364 Å². The first-order valence-corrected chi connectivity index (χ1v) is 21.7. The standard InChI is InChI=1S/C60H39N3/c1-4-19-40(20-5-1)45-29-18-30-46(41-21-6-2-7-22-41)59(45)63-54-33-16-12-27-48(54)51-39-42(35-37-56(51)63)44-25-10-14-31-52(44)62-55-34-17-13-28-50(55)58-57(62)38-36-49-47-26-11-15-32-53(47)61(60(49)58)43-23-8-3-9-24-43/h1-39H. The van der Waals surface area contributed by atoms with Gasteiger partial charge in [0.15, 0.2) is 0 Å². The van der Waals surface area contributed by atoms with Gasteiger partial charge < -0.3 is 13.7 Å². The zero-order chi connectivity index (χ0) is 41.4. The van der Waals surface area contributed by atoms with Gasteiger partial charge in [-0.1, -0.05) is 182 Å². The van der Waals surface area contributed by atoms with Crippen LogP contribution in [0.3, 0.4) is 0 Å². The van der Waals surface area contributed by atoms with Crippen molar-refractivity contribution in [1.82, 2.24) is 13.7 Å². The van der Waals surface area contributed by atoms with E-state index < -0.39 is 0 Å². The predicted molar refractivity (Wildman–Crippen MR) is 266 cm³/mol. The maximum absolute atomic E-state index is 2.50. The fraction of sp³-hybridized carbons (Fsp3) is 0. The summed E-state index contributed by atoms with van der Waals surface area (Å²) < 4.78 is 7.44. The summed E-state index contributed by atoms with van der Waals surface area (Å²) in [5.74, 6) is 0. The van der Waals surface area contributed by atoms with Gasteiger partial charge in [-0.15, -0.1) is 0 Å². The predicted octanol–water partition coefficient (Wildman–Crippen LogP) is 16.0. The van der Waals surface area contributed by atoms with E-state index in [-0.39, 0.29) is 0 Å². The molecule has 0 radical (unpaired) electrons. The van der Waals surface area contributed by atoms with Gasteiger partial charge in [0.1, 0.15) is 0 Å². The number of fused-ring (bicyclic) bond motifs is 10. The van der Waals surface area contributed by atoms with Gasteiger partial charge in [-0.25, -0.2) is 0 Å². The van der Waals surface area contributed by atoms with Gasteiger partial charge in [-0.3, -0.25) is 0 Å². The molecule has 13 aromatic rings. The molecular formula is C60H39N3. The van der Waals surface area contributed by atoms with Crippen molar-refractivity contribution in [2.75, 3.05) is 0 Å². The van der Waals surface area contributed by atoms with Crippen LogP contribution in [0.5, 0.6) is 0 Å². The van der Waals surface area contributed by atoms with Gasteiger partial charge in [-0.05, 0) is 71.3 Å². The van der Waals surface area contributed by atoms with Crippen LogP contribution in [0.2, 0.25) is 0 Å². The lowest BCUT2D eigenvalue weighted by Crippen LogP contribution is -2.00. The summed E-state index contributed by atoms with van der Waals surface area (Å²) in [7, 11) is 0. The third kappa shape index (κ3) is 5.33. The summed E-state index contributed by atoms with van der Waals surface area (Å²) in [5, 5.41) is 7.44. The summed E-state index contributed by atoms with van der Waals surface area (Å²) in [5.41, 5.74) is 17.8. The minimum atomic E-state index is 1.15. The highest BCUT2D eigenvalue weighted by Crippen LogP contribution is 2.45. The van der Waals surface area contributed by atoms with Crippen LogP contribution < -0.4 is 0 Å². The van der Waals surface area contributed by atoms with E-state index >= 15 is 0 Å². The Morgan fingerprint density at radius 1 is 0.254 bits per heavy atom. The van der Waals surface area contributed by atoms with E-state index in [4.69, 9.17) is 0 Å². The minimum absolute atomic E-state index is 1.15. The van der Waals surface area contributed by atoms with Crippen LogP contribution in [0.25, 0.3) is 116 Å². The first-order chi connectivity index (χ1) is 31.3. The molecule has 3 aromatic heterocycles. The Balaban J connectivity index is 1.07. The number of aromatic nitrogens is 3. The van der Waals surface area contributed by atoms with Gasteiger partial charge in [0, 0.05) is 54.7 Å². The summed E-state index contributed by atoms with van der Waals surface area (Å²) in [4.78, 5) is 0. The molecule has 0 saturated heterocycles. The van der Waals surface area contributed by atoms with E-state index in [2.05, 4.69) is 250 Å². The van der Waals surface area contributed by atoms with Crippen molar-refractivity contribution in [2.45, 2.75) is 0 Å². The molecule has 0 spiro atoms. The topological polar surface area (TPSA) is 14.8 Å². The van der Waals surface area contributed by atoms with E-state index in [0.717, 1.165) is 11.4 Å². The molecule has 0 fully saturated rings. The summed E-state index contributed by atoms with van der Waals surface area (Å²) in [6.45, 7) is 0. The smallest absolute Gasteiger partial charge is 0.0641 e. The molecule has 63 heavy (non-hydrogen) atoms. The summed E-state index contributed by atoms with van der Waals surface area (Å²) in [6, 6.07) is 86.4. The highest BCUT2D eigenvalue weighted by Gasteiger charge is 2.24. The van der Waals surface area contributed by atoms with Crippen molar-refractivity contribution in [3.63, 3.8) is 0 Å². The molecule has 10 aromatic carbocycles. The average Bonchev–Trinajstić information content (AvgIpc) is 4.00. The summed E-state index contributed by atoms with van der Waals surface area (Å²) >= 11 is 0. The molecule has 0 aliphatic carbocycles. The highest BCUT2D eigenvalue weighted by molar-refractivity contribution is 6.26. The first kappa shape index (κ1) is 35.4. The quantitative estimate of drug-likeness (QED) is 0.159. The number of hydrogen-bond donors (Lipinski definition) is 0. The van der Waals surface area contributed by atoms with Crippen molar-refractivity contribution in [3.8, 4) is 50.4 Å². The van der Waals surface area contributed by atoms with Crippen molar-refractivity contribution in [3.05, 3.63) is 237 Å². The number of para-hydroxylation sites is 6. The number of hydrogen-bond acceptors (Lipinski definition) is 0. The minimum Gasteiger partial charge on any atom is -0.309 e. The van der Waals surface area contributed by atoms with Crippen LogP contribution in [0.1, 0.15) is 0 Å². The fourth-order valence-electron chi connectivity index (χ4n) is 10.4. The number of nitrogens with zero attached hydrogens (tertiary/aromatic N) is 3. The molecule has 294 valence electrons. The number of benzene rings is 10. The molecule has 0 unspecified atom stereocenters. The van der Waals surface area contributed by atoms with E-state index in [1.165, 1.54) is 104 Å². The molecule has 0 N–H and O–H groups in total. The van der Waals surface area contributed by atoms with Gasteiger partial charge in [-0.2, -0.15) is 0 Å². The maximum atomic E-state index is 2.50. The molecule has 0 aliphatic heterocycles. The Bertz CT molecular complexity index is 3830. The Morgan fingerprint density at radius 3 is 1.43 bits per heavy atom. The SMILES string of the molecule is c1ccc(-c2cccc(-c3ccccc3)c2-n2c3ccccc3c3cc(-c4ccccc4-n4c5ccccc5c5c4ccc4c6ccccc6n(-c6ccccc6)c45)ccc32)cc1. The first-order valence-electron chi connectivity index (χ1n) is 21.7. The second kappa shape index (κ2) is 14.1. The van der Waals surface area contributed by atoms with Crippen LogP contribution >= 0.6 is 0 Å². The molecule has 3 nitrogen and oxygen atoms in total. The second-order valence-corrected chi connectivity index (χ2v) is 16.4. The Hall–Kier alpha value is -8.40. The van der Waals surface area contributed by atoms with Crippen molar-refractivity contribution in [1.29, 1.82) is 0 Å². The molecule has 3 heterocycles. The van der Waals surface area contributed by atoms with Gasteiger partial charge >= 0.3 is 0 Å². The molecule has 13 rings (SSSR count). The molecule has 0 saturated carbocycles. The number of rotatable bonds is 6. The van der Waals surface area contributed by atoms with Crippen molar-refractivity contribution >= 4 is 65.4 Å². The van der Waals surface area contributed by atoms with Crippen molar-refractivity contribution < 1.29 is 0 Å². The molecule has 0 aliphatic rings. The van der Waals surface area contributed by atoms with E-state index in [9.17, 15) is 0 Å². The molecule has 0 bridgehead atoms. The van der Waals surface area contributed by atoms with Gasteiger partial charge in [0.25, 0.3) is 0 Å². The van der Waals surface area contributed by atoms with Crippen LogP contribution in [-0.2, 0) is 0 Å². The normalized spacial score (nSPS) is 11.8. The van der Waals surface area contributed by atoms with E-state index in [1.807, 2.05) is 0 Å². The highest BCUT2D eigenvalue weighted by atomic mass is 15.0. The van der Waals surface area contributed by atoms with Crippen molar-refractivity contribution in [2.24, 2.45) is 0 Å². The van der Waals surface area contributed by atoms with Gasteiger partial charge in [0.05, 0.1) is 44.5 Å². The third-order valence-corrected chi connectivity index (χ3v) is 13.0. The van der Waals surface area contributed by atoms with E-state index in [1.54, 1.807) is 0 Å². The monoisotopic (exact) mass is 801 g/mol. The molecular weight excluding hydrogens is 763 g/mol. The zero-order valence-corrected chi connectivity index (χ0v) is 34.4. The lowest BCUT2D eigenvalue weighted by Gasteiger charge is -2.19. The molecule has 3 heteroatoms. The molecule has 0 amide bonds. The zero-order valence-electron chi connectivity index (χ0n) is 34.4. The lowest BCUT2D eigenvalue weighted by atomic mass is 9.95. The lowest BCUT2D eigenvalue weighted by molar-refractivity contribution is 1.17. The van der Waals surface area contributed by atoms with Crippen LogP contribution in [-0.4, -0.2) is 13.7 Å².